The van der Waals surface area contributed by atoms with E-state index in [0.717, 1.165) is 6.42 Å². The minimum absolute atomic E-state index is 0.111. The van der Waals surface area contributed by atoms with Gasteiger partial charge in [0.05, 0.1) is 6.07 Å². The zero-order valence-electron chi connectivity index (χ0n) is 5.26. The molecule has 0 heterocycles. The Morgan fingerprint density at radius 1 is 1.75 bits per heavy atom. The van der Waals surface area contributed by atoms with Crippen LogP contribution in [0, 0.1) is 17.2 Å². The van der Waals surface area contributed by atoms with Gasteiger partial charge >= 0.3 is 0 Å². The SMILES string of the molecule is CCC(C)[13CH](O)C#N. The van der Waals surface area contributed by atoms with E-state index in [4.69, 9.17) is 10.4 Å². The fourth-order valence-corrected chi connectivity index (χ4v) is 0.351. The van der Waals surface area contributed by atoms with Crippen molar-refractivity contribution in [2.24, 2.45) is 5.92 Å². The summed E-state index contributed by atoms with van der Waals surface area (Å²) >= 11 is 0. The number of rotatable bonds is 2. The summed E-state index contributed by atoms with van der Waals surface area (Å²) in [6.07, 6.45) is 0.0781. The summed E-state index contributed by atoms with van der Waals surface area (Å²) in [5, 5.41) is 16.9. The summed E-state index contributed by atoms with van der Waals surface area (Å²) < 4.78 is 0. The number of aliphatic hydroxyl groups is 1. The van der Waals surface area contributed by atoms with Gasteiger partial charge in [0.2, 0.25) is 0 Å². The second kappa shape index (κ2) is 3.45. The van der Waals surface area contributed by atoms with Crippen molar-refractivity contribution in [3.63, 3.8) is 0 Å². The molecule has 0 aromatic rings. The van der Waals surface area contributed by atoms with Gasteiger partial charge in [-0.2, -0.15) is 5.26 Å². The monoisotopic (exact) mass is 114 g/mol. The molecule has 0 fully saturated rings. The van der Waals surface area contributed by atoms with Crippen LogP contribution in [0.2, 0.25) is 0 Å². The van der Waals surface area contributed by atoms with E-state index in [9.17, 15) is 0 Å². The predicted octanol–water partition coefficient (Wildman–Crippen LogP) is 0.917. The Hall–Kier alpha value is -0.550. The highest BCUT2D eigenvalue weighted by atomic mass is 16.4. The number of nitrogens with zero attached hydrogens (tertiary/aromatic N) is 1. The van der Waals surface area contributed by atoms with Crippen LogP contribution in [-0.4, -0.2) is 11.2 Å². The van der Waals surface area contributed by atoms with Gasteiger partial charge in [-0.1, -0.05) is 20.3 Å². The summed E-state index contributed by atoms with van der Waals surface area (Å²) in [5.74, 6) is 0.111. The summed E-state index contributed by atoms with van der Waals surface area (Å²) in [6.45, 7) is 3.80. The molecule has 46 valence electrons. The Labute approximate surface area is 49.8 Å². The van der Waals surface area contributed by atoms with Crippen molar-refractivity contribution in [1.29, 1.82) is 5.26 Å². The maximum atomic E-state index is 8.77. The normalized spacial score (nSPS) is 16.8. The molecule has 0 saturated heterocycles. The van der Waals surface area contributed by atoms with Gasteiger partial charge in [0.25, 0.3) is 0 Å². The Balaban J connectivity index is 3.49. The highest BCUT2D eigenvalue weighted by molar-refractivity contribution is 4.85. The first kappa shape index (κ1) is 7.45. The average Bonchev–Trinajstić information content (AvgIpc) is 1.84. The van der Waals surface area contributed by atoms with E-state index < -0.39 is 6.10 Å². The summed E-state index contributed by atoms with van der Waals surface area (Å²) in [7, 11) is 0. The maximum absolute atomic E-state index is 8.77. The van der Waals surface area contributed by atoms with Crippen molar-refractivity contribution in [2.75, 3.05) is 0 Å². The van der Waals surface area contributed by atoms with Crippen LogP contribution in [-0.2, 0) is 0 Å². The molecule has 0 aliphatic heterocycles. The molecular formula is C6H11NO. The van der Waals surface area contributed by atoms with Crippen molar-refractivity contribution in [3.8, 4) is 6.07 Å². The molecule has 2 nitrogen and oxygen atoms in total. The van der Waals surface area contributed by atoms with E-state index in [-0.39, 0.29) is 5.92 Å². The maximum Gasteiger partial charge on any atom is 0.143 e. The highest BCUT2D eigenvalue weighted by Gasteiger charge is 2.08. The lowest BCUT2D eigenvalue weighted by atomic mass is 10.2. The molecule has 0 aromatic heterocycles. The van der Waals surface area contributed by atoms with Crippen molar-refractivity contribution in [2.45, 2.75) is 26.4 Å². The molecule has 0 radical (unpaired) electrons. The second-order valence-corrected chi connectivity index (χ2v) is 1.96. The largest absolute Gasteiger partial charge is 0.378 e. The Kier molecular flexibility index (Phi) is 3.21. The Bertz CT molecular complexity index is 95.2. The number of nitriles is 1. The van der Waals surface area contributed by atoms with Gasteiger partial charge in [-0.3, -0.25) is 0 Å². The Morgan fingerprint density at radius 3 is 2.38 bits per heavy atom. The minimum Gasteiger partial charge on any atom is -0.378 e. The summed E-state index contributed by atoms with van der Waals surface area (Å²) in [5.41, 5.74) is 0. The number of hydrogen-bond acceptors (Lipinski definition) is 2. The molecule has 2 heteroatoms. The zero-order chi connectivity index (χ0) is 6.57. The third-order valence-electron chi connectivity index (χ3n) is 1.32. The third kappa shape index (κ3) is 1.94. The molecule has 2 atom stereocenters. The van der Waals surface area contributed by atoms with Crippen LogP contribution in [0.4, 0.5) is 0 Å². The molecule has 0 spiro atoms. The van der Waals surface area contributed by atoms with Crippen LogP contribution in [0.15, 0.2) is 0 Å². The van der Waals surface area contributed by atoms with Crippen molar-refractivity contribution in [3.05, 3.63) is 0 Å². The van der Waals surface area contributed by atoms with E-state index in [1.165, 1.54) is 0 Å². The third-order valence-corrected chi connectivity index (χ3v) is 1.32. The van der Waals surface area contributed by atoms with Gasteiger partial charge in [0.15, 0.2) is 0 Å². The molecular weight excluding hydrogens is 103 g/mol. The highest BCUT2D eigenvalue weighted by Crippen LogP contribution is 2.04. The van der Waals surface area contributed by atoms with E-state index >= 15 is 0 Å². The molecule has 0 saturated carbocycles. The Morgan fingerprint density at radius 2 is 2.25 bits per heavy atom. The number of hydrogen-bond donors (Lipinski definition) is 1. The summed E-state index contributed by atoms with van der Waals surface area (Å²) in [6, 6.07) is 1.77. The van der Waals surface area contributed by atoms with Gasteiger partial charge in [-0.05, 0) is 5.92 Å². The van der Waals surface area contributed by atoms with E-state index in [2.05, 4.69) is 0 Å². The van der Waals surface area contributed by atoms with Crippen LogP contribution >= 0.6 is 0 Å². The number of aliphatic hydroxyl groups excluding tert-OH is 1. The minimum atomic E-state index is -0.778. The lowest BCUT2D eigenvalue weighted by Gasteiger charge is -2.06. The van der Waals surface area contributed by atoms with Crippen LogP contribution < -0.4 is 0 Å². The molecule has 0 rings (SSSR count). The van der Waals surface area contributed by atoms with Gasteiger partial charge in [0, 0.05) is 0 Å². The molecule has 0 bridgehead atoms. The molecule has 1 N–H and O–H groups in total. The molecule has 2 unspecified atom stereocenters. The van der Waals surface area contributed by atoms with Gasteiger partial charge < -0.3 is 5.11 Å². The first-order valence-corrected chi connectivity index (χ1v) is 2.80. The molecule has 0 amide bonds. The van der Waals surface area contributed by atoms with Crippen LogP contribution in [0.1, 0.15) is 20.3 Å². The van der Waals surface area contributed by atoms with Crippen LogP contribution in [0.25, 0.3) is 0 Å². The molecule has 0 aromatic carbocycles. The lowest BCUT2D eigenvalue weighted by Crippen LogP contribution is -2.13. The molecule has 0 aliphatic rings. The fourth-order valence-electron chi connectivity index (χ4n) is 0.351. The van der Waals surface area contributed by atoms with Crippen molar-refractivity contribution < 1.29 is 5.11 Å². The fraction of sp³-hybridized carbons (Fsp3) is 0.833. The molecule has 0 aliphatic carbocycles. The smallest absolute Gasteiger partial charge is 0.143 e. The van der Waals surface area contributed by atoms with E-state index in [1.54, 1.807) is 6.07 Å². The quantitative estimate of drug-likeness (QED) is 0.428. The van der Waals surface area contributed by atoms with Crippen molar-refractivity contribution >= 4 is 0 Å². The summed E-state index contributed by atoms with van der Waals surface area (Å²) in [4.78, 5) is 0. The zero-order valence-corrected chi connectivity index (χ0v) is 5.26. The first-order chi connectivity index (χ1) is 3.72. The van der Waals surface area contributed by atoms with Crippen LogP contribution in [0.3, 0.4) is 0 Å². The van der Waals surface area contributed by atoms with E-state index in [0.29, 0.717) is 0 Å². The predicted molar refractivity (Wildman–Crippen MR) is 31.1 cm³/mol. The van der Waals surface area contributed by atoms with Crippen LogP contribution in [0.5, 0.6) is 0 Å². The van der Waals surface area contributed by atoms with Gasteiger partial charge in [0.1, 0.15) is 6.10 Å². The average molecular weight is 114 g/mol. The lowest BCUT2D eigenvalue weighted by molar-refractivity contribution is 0.167. The molecule has 8 heavy (non-hydrogen) atoms. The topological polar surface area (TPSA) is 44.0 Å². The first-order valence-electron chi connectivity index (χ1n) is 2.80. The second-order valence-electron chi connectivity index (χ2n) is 1.96. The van der Waals surface area contributed by atoms with E-state index in [1.807, 2.05) is 13.8 Å². The standard InChI is InChI=1S/C6H11NO/c1-3-5(2)6(8)4-7/h5-6,8H,3H2,1-2H3/i6+1. The van der Waals surface area contributed by atoms with Gasteiger partial charge in [-0.15, -0.1) is 0 Å². The van der Waals surface area contributed by atoms with Crippen molar-refractivity contribution in [1.82, 2.24) is 0 Å². The van der Waals surface area contributed by atoms with Gasteiger partial charge in [-0.25, -0.2) is 0 Å².